The molecule has 19 heavy (non-hydrogen) atoms. The molecule has 2 aromatic carbocycles. The summed E-state index contributed by atoms with van der Waals surface area (Å²) in [6.45, 7) is 5.78. The summed E-state index contributed by atoms with van der Waals surface area (Å²) in [4.78, 5) is 0. The molecule has 3 heteroatoms. The molecule has 0 aliphatic heterocycles. The molecule has 0 spiro atoms. The molecule has 1 unspecified atom stereocenters. The van der Waals surface area contributed by atoms with Crippen molar-refractivity contribution in [1.29, 1.82) is 0 Å². The van der Waals surface area contributed by atoms with Crippen molar-refractivity contribution in [1.82, 2.24) is 0 Å². The van der Waals surface area contributed by atoms with Crippen molar-refractivity contribution in [2.75, 3.05) is 13.8 Å². The summed E-state index contributed by atoms with van der Waals surface area (Å²) in [5, 5.41) is 1.50. The number of rotatable bonds is 4. The zero-order valence-corrected chi connectivity index (χ0v) is 12.1. The van der Waals surface area contributed by atoms with Crippen LogP contribution in [0, 0.1) is 0 Å². The Kier molecular flexibility index (Phi) is 3.92. The topological polar surface area (TPSA) is 26.3 Å². The highest BCUT2D eigenvalue weighted by Crippen LogP contribution is 2.53. The van der Waals surface area contributed by atoms with Crippen molar-refractivity contribution in [3.8, 4) is 5.75 Å². The summed E-state index contributed by atoms with van der Waals surface area (Å²) >= 11 is 0. The van der Waals surface area contributed by atoms with E-state index in [1.54, 1.807) is 13.8 Å². The van der Waals surface area contributed by atoms with Crippen molar-refractivity contribution in [3.63, 3.8) is 0 Å². The van der Waals surface area contributed by atoms with E-state index in [2.05, 4.69) is 6.58 Å². The lowest BCUT2D eigenvalue weighted by molar-refractivity contribution is 0.415. The third-order valence-electron chi connectivity index (χ3n) is 3.19. The first-order valence-electron chi connectivity index (χ1n) is 6.02. The molecule has 0 radical (unpaired) electrons. The SMILES string of the molecule is C=C(c1ccc(OC)cc1)P(C)(=O)c1ccccc1. The van der Waals surface area contributed by atoms with Gasteiger partial charge in [0.15, 0.2) is 0 Å². The Morgan fingerprint density at radius 3 is 2.16 bits per heavy atom. The summed E-state index contributed by atoms with van der Waals surface area (Å²) < 4.78 is 18.1. The fourth-order valence-corrected chi connectivity index (χ4v) is 3.59. The maximum atomic E-state index is 12.9. The van der Waals surface area contributed by atoms with Gasteiger partial charge in [-0.25, -0.2) is 0 Å². The molecule has 98 valence electrons. The van der Waals surface area contributed by atoms with E-state index in [-0.39, 0.29) is 0 Å². The van der Waals surface area contributed by atoms with E-state index in [1.165, 1.54) is 0 Å². The molecule has 0 aromatic heterocycles. The summed E-state index contributed by atoms with van der Waals surface area (Å²) in [5.41, 5.74) is 0.885. The fourth-order valence-electron chi connectivity index (χ4n) is 1.90. The minimum absolute atomic E-state index is 0.668. The van der Waals surface area contributed by atoms with Gasteiger partial charge in [0.25, 0.3) is 0 Å². The first kappa shape index (κ1) is 13.6. The van der Waals surface area contributed by atoms with Crippen LogP contribution >= 0.6 is 7.14 Å². The van der Waals surface area contributed by atoms with Crippen LogP contribution in [0.25, 0.3) is 5.31 Å². The molecular formula is C16H17O2P. The van der Waals surface area contributed by atoms with Gasteiger partial charge < -0.3 is 9.30 Å². The highest BCUT2D eigenvalue weighted by molar-refractivity contribution is 7.80. The predicted octanol–water partition coefficient (Wildman–Crippen LogP) is 3.98. The normalized spacial score (nSPS) is 13.6. The number of ether oxygens (including phenoxy) is 1. The van der Waals surface area contributed by atoms with Gasteiger partial charge in [-0.05, 0) is 24.4 Å². The smallest absolute Gasteiger partial charge is 0.140 e. The van der Waals surface area contributed by atoms with Crippen LogP contribution in [-0.4, -0.2) is 13.8 Å². The third kappa shape index (κ3) is 2.80. The third-order valence-corrected chi connectivity index (χ3v) is 5.76. The molecule has 0 N–H and O–H groups in total. The molecule has 1 atom stereocenters. The second-order valence-corrected chi connectivity index (χ2v) is 7.34. The second-order valence-electron chi connectivity index (χ2n) is 4.43. The molecule has 0 heterocycles. The van der Waals surface area contributed by atoms with Gasteiger partial charge in [-0.15, -0.1) is 0 Å². The van der Waals surface area contributed by atoms with Gasteiger partial charge in [0.05, 0.1) is 7.11 Å². The summed E-state index contributed by atoms with van der Waals surface area (Å²) in [5.74, 6) is 0.780. The standard InChI is InChI=1S/C16H17O2P/c1-13(14-9-11-15(18-2)12-10-14)19(3,17)16-7-5-4-6-8-16/h4-12H,1H2,2-3H3. The van der Waals surface area contributed by atoms with Gasteiger partial charge in [-0.1, -0.05) is 49.0 Å². The Bertz CT molecular complexity index is 615. The van der Waals surface area contributed by atoms with Gasteiger partial charge in [0, 0.05) is 10.6 Å². The van der Waals surface area contributed by atoms with Crippen molar-refractivity contribution in [2.45, 2.75) is 0 Å². The average Bonchev–Trinajstić information content (AvgIpc) is 2.47. The Morgan fingerprint density at radius 1 is 1.05 bits per heavy atom. The minimum Gasteiger partial charge on any atom is -0.497 e. The van der Waals surface area contributed by atoms with Crippen LogP contribution in [-0.2, 0) is 4.57 Å². The molecule has 0 aliphatic rings. The highest BCUT2D eigenvalue weighted by Gasteiger charge is 2.23. The van der Waals surface area contributed by atoms with E-state index >= 15 is 0 Å². The van der Waals surface area contributed by atoms with E-state index in [9.17, 15) is 4.57 Å². The lowest BCUT2D eigenvalue weighted by Gasteiger charge is -2.17. The van der Waals surface area contributed by atoms with Crippen LogP contribution in [0.5, 0.6) is 5.75 Å². The molecule has 2 rings (SSSR count). The molecule has 0 saturated carbocycles. The highest BCUT2D eigenvalue weighted by atomic mass is 31.2. The summed E-state index contributed by atoms with van der Waals surface area (Å²) in [6.07, 6.45) is 0. The van der Waals surface area contributed by atoms with Gasteiger partial charge in [0.1, 0.15) is 12.9 Å². The van der Waals surface area contributed by atoms with Gasteiger partial charge in [-0.2, -0.15) is 0 Å². The predicted molar refractivity (Wildman–Crippen MR) is 81.6 cm³/mol. The number of methoxy groups -OCH3 is 1. The summed E-state index contributed by atoms with van der Waals surface area (Å²) in [7, 11) is -0.993. The lowest BCUT2D eigenvalue weighted by Crippen LogP contribution is -2.03. The Labute approximate surface area is 114 Å². The molecule has 0 amide bonds. The zero-order valence-electron chi connectivity index (χ0n) is 11.2. The van der Waals surface area contributed by atoms with Crippen molar-refractivity contribution < 1.29 is 9.30 Å². The Hall–Kier alpha value is -1.79. The maximum Gasteiger partial charge on any atom is 0.140 e. The zero-order chi connectivity index (χ0) is 13.9. The van der Waals surface area contributed by atoms with Crippen molar-refractivity contribution >= 4 is 17.8 Å². The van der Waals surface area contributed by atoms with Gasteiger partial charge in [0.2, 0.25) is 0 Å². The van der Waals surface area contributed by atoms with E-state index < -0.39 is 7.14 Å². The quantitative estimate of drug-likeness (QED) is 0.787. The largest absolute Gasteiger partial charge is 0.497 e. The summed E-state index contributed by atoms with van der Waals surface area (Å²) in [6, 6.07) is 17.0. The van der Waals surface area contributed by atoms with Crippen molar-refractivity contribution in [3.05, 3.63) is 66.7 Å². The van der Waals surface area contributed by atoms with E-state index in [4.69, 9.17) is 4.74 Å². The lowest BCUT2D eigenvalue weighted by atomic mass is 10.2. The first-order chi connectivity index (χ1) is 9.05. The van der Waals surface area contributed by atoms with E-state index in [0.29, 0.717) is 5.31 Å². The second kappa shape index (κ2) is 5.46. The Morgan fingerprint density at radius 2 is 1.63 bits per heavy atom. The monoisotopic (exact) mass is 272 g/mol. The molecule has 2 aromatic rings. The van der Waals surface area contributed by atoms with Crippen LogP contribution < -0.4 is 10.0 Å². The first-order valence-corrected chi connectivity index (χ1v) is 8.18. The molecule has 0 aliphatic carbocycles. The van der Waals surface area contributed by atoms with Crippen molar-refractivity contribution in [2.24, 2.45) is 0 Å². The van der Waals surface area contributed by atoms with Crippen LogP contribution in [0.4, 0.5) is 0 Å². The van der Waals surface area contributed by atoms with Gasteiger partial charge >= 0.3 is 0 Å². The van der Waals surface area contributed by atoms with Gasteiger partial charge in [-0.3, -0.25) is 0 Å². The van der Waals surface area contributed by atoms with Crippen LogP contribution in [0.2, 0.25) is 0 Å². The molecule has 0 fully saturated rings. The van der Waals surface area contributed by atoms with E-state index in [1.807, 2.05) is 54.6 Å². The molecule has 2 nitrogen and oxygen atoms in total. The van der Waals surface area contributed by atoms with Crippen LogP contribution in [0.1, 0.15) is 5.56 Å². The molecule has 0 saturated heterocycles. The average molecular weight is 272 g/mol. The Balaban J connectivity index is 2.35. The van der Waals surface area contributed by atoms with Crippen LogP contribution in [0.3, 0.4) is 0 Å². The minimum atomic E-state index is -2.62. The molecular weight excluding hydrogens is 255 g/mol. The van der Waals surface area contributed by atoms with Crippen LogP contribution in [0.15, 0.2) is 61.2 Å². The van der Waals surface area contributed by atoms with E-state index in [0.717, 1.165) is 16.6 Å². The fraction of sp³-hybridized carbons (Fsp3) is 0.125. The number of hydrogen-bond acceptors (Lipinski definition) is 2. The molecule has 0 bridgehead atoms. The maximum absolute atomic E-state index is 12.9. The number of benzene rings is 2. The number of hydrogen-bond donors (Lipinski definition) is 0.